The van der Waals surface area contributed by atoms with E-state index >= 15 is 0 Å². The normalized spacial score (nSPS) is 14.2. The van der Waals surface area contributed by atoms with Crippen molar-refractivity contribution in [1.29, 1.82) is 0 Å². The highest BCUT2D eigenvalue weighted by Crippen LogP contribution is 2.38. The predicted molar refractivity (Wildman–Crippen MR) is 145 cm³/mol. The Bertz CT molecular complexity index is 1240. The first-order valence-electron chi connectivity index (χ1n) is 11.5. The second kappa shape index (κ2) is 11.2. The molecule has 0 aliphatic rings. The fourth-order valence-corrected chi connectivity index (χ4v) is 4.80. The van der Waals surface area contributed by atoms with E-state index in [2.05, 4.69) is 4.72 Å². The van der Waals surface area contributed by atoms with Gasteiger partial charge in [0.15, 0.2) is 0 Å². The molecule has 1 aromatic heterocycles. The van der Waals surface area contributed by atoms with Gasteiger partial charge in [0, 0.05) is 16.1 Å². The molecule has 4 rings (SSSR count). The number of aliphatic imine (C=N–C) groups is 1. The van der Waals surface area contributed by atoms with Crippen molar-refractivity contribution in [2.45, 2.75) is 37.6 Å². The number of benzene rings is 3. The van der Waals surface area contributed by atoms with Gasteiger partial charge in [-0.05, 0) is 44.5 Å². The molecule has 3 atom stereocenters. The van der Waals surface area contributed by atoms with Crippen molar-refractivity contribution in [3.05, 3.63) is 131 Å². The van der Waals surface area contributed by atoms with Gasteiger partial charge in [0.2, 0.25) is 0 Å². The number of nitrogens with zero attached hydrogens (tertiary/aromatic N) is 1. The quantitative estimate of drug-likeness (QED) is 0.256. The van der Waals surface area contributed by atoms with Crippen LogP contribution in [0.1, 0.15) is 55.3 Å². The van der Waals surface area contributed by atoms with Gasteiger partial charge in [0.1, 0.15) is 17.8 Å². The van der Waals surface area contributed by atoms with E-state index in [4.69, 9.17) is 21.0 Å². The second-order valence-corrected chi connectivity index (χ2v) is 11.6. The fourth-order valence-electron chi connectivity index (χ4n) is 3.72. The van der Waals surface area contributed by atoms with Crippen LogP contribution in [0, 0.1) is 0 Å². The summed E-state index contributed by atoms with van der Waals surface area (Å²) in [6.45, 7) is 5.80. The molecule has 4 aromatic rings. The summed E-state index contributed by atoms with van der Waals surface area (Å²) in [6.07, 6.45) is 1.62. The summed E-state index contributed by atoms with van der Waals surface area (Å²) in [7, 11) is -1.38. The molecule has 0 aliphatic carbocycles. The van der Waals surface area contributed by atoms with Crippen LogP contribution < -0.4 is 4.72 Å². The second-order valence-electron chi connectivity index (χ2n) is 9.17. The molecule has 35 heavy (non-hydrogen) atoms. The van der Waals surface area contributed by atoms with Gasteiger partial charge in [-0.1, -0.05) is 90.5 Å². The topological polar surface area (TPSA) is 54.6 Å². The highest BCUT2D eigenvalue weighted by atomic mass is 35.5. The summed E-state index contributed by atoms with van der Waals surface area (Å²) in [6, 6.07) is 30.4. The third kappa shape index (κ3) is 6.17. The highest BCUT2D eigenvalue weighted by molar-refractivity contribution is 7.84. The van der Waals surface area contributed by atoms with E-state index in [0.717, 1.165) is 22.4 Å². The summed E-state index contributed by atoms with van der Waals surface area (Å²) >= 11 is 6.72. The largest absolute Gasteiger partial charge is 0.468 e. The molecule has 0 amide bonds. The molecule has 3 aromatic carbocycles. The molecule has 0 bridgehead atoms. The van der Waals surface area contributed by atoms with Crippen molar-refractivity contribution in [2.24, 2.45) is 4.99 Å². The van der Waals surface area contributed by atoms with E-state index in [9.17, 15) is 4.21 Å². The molecule has 0 saturated carbocycles. The maximum Gasteiger partial charge on any atom is 0.124 e. The van der Waals surface area contributed by atoms with Crippen LogP contribution in [0.4, 0.5) is 0 Å². The minimum atomic E-state index is -1.38. The summed E-state index contributed by atoms with van der Waals surface area (Å²) in [5, 5.41) is 0.585. The van der Waals surface area contributed by atoms with E-state index < -0.39 is 27.8 Å². The molecule has 1 N–H and O–H groups in total. The van der Waals surface area contributed by atoms with Gasteiger partial charge in [-0.15, -0.1) is 0 Å². The Morgan fingerprint density at radius 1 is 0.857 bits per heavy atom. The summed E-state index contributed by atoms with van der Waals surface area (Å²) in [4.78, 5) is 5.31. The summed E-state index contributed by atoms with van der Waals surface area (Å²) < 4.78 is 22.0. The molecular formula is C29H29ClN2O2S. The Labute approximate surface area is 214 Å². The van der Waals surface area contributed by atoms with Gasteiger partial charge in [0.25, 0.3) is 0 Å². The van der Waals surface area contributed by atoms with Crippen LogP contribution >= 0.6 is 11.6 Å². The van der Waals surface area contributed by atoms with Gasteiger partial charge < -0.3 is 4.42 Å². The van der Waals surface area contributed by atoms with Crippen LogP contribution in [0.3, 0.4) is 0 Å². The molecule has 180 valence electrons. The molecule has 4 nitrogen and oxygen atoms in total. The Morgan fingerprint density at radius 2 is 1.43 bits per heavy atom. The summed E-state index contributed by atoms with van der Waals surface area (Å²) in [5.41, 5.74) is 3.59. The van der Waals surface area contributed by atoms with E-state index in [1.807, 2.05) is 118 Å². The van der Waals surface area contributed by atoms with Crippen LogP contribution in [-0.4, -0.2) is 14.7 Å². The van der Waals surface area contributed by atoms with Crippen molar-refractivity contribution in [1.82, 2.24) is 4.72 Å². The molecule has 0 unspecified atom stereocenters. The van der Waals surface area contributed by atoms with Crippen molar-refractivity contribution < 1.29 is 8.63 Å². The minimum Gasteiger partial charge on any atom is -0.468 e. The van der Waals surface area contributed by atoms with Crippen molar-refractivity contribution in [3.63, 3.8) is 0 Å². The van der Waals surface area contributed by atoms with Crippen molar-refractivity contribution in [2.75, 3.05) is 0 Å². The molecule has 1 heterocycles. The third-order valence-corrected chi connectivity index (χ3v) is 7.47. The van der Waals surface area contributed by atoms with E-state index in [0.29, 0.717) is 10.8 Å². The number of halogens is 1. The first kappa shape index (κ1) is 25.1. The lowest BCUT2D eigenvalue weighted by Crippen LogP contribution is -2.38. The number of nitrogens with one attached hydrogen (secondary N) is 1. The molecule has 0 spiro atoms. The molecule has 0 radical (unpaired) electrons. The Morgan fingerprint density at radius 3 is 1.94 bits per heavy atom. The maximum atomic E-state index is 13.3. The van der Waals surface area contributed by atoms with Crippen LogP contribution in [0.5, 0.6) is 0 Å². The molecular weight excluding hydrogens is 476 g/mol. The standard InChI is InChI=1S/C29H29ClN2O2S/c1-29(2,3)35(33)32-28(25-19-12-20-34-25)27(23-17-10-11-18-24(23)30)31-26(21-13-6-4-7-14-21)22-15-8-5-9-16-22/h4-20,27-28,32H,1-3H3/t27-,28+,35+/m0/s1. The van der Waals surface area contributed by atoms with Gasteiger partial charge in [-0.25, -0.2) is 8.93 Å². The first-order chi connectivity index (χ1) is 16.8. The van der Waals surface area contributed by atoms with Crippen molar-refractivity contribution >= 4 is 28.3 Å². The smallest absolute Gasteiger partial charge is 0.124 e. The molecule has 0 saturated heterocycles. The van der Waals surface area contributed by atoms with Crippen LogP contribution in [0.25, 0.3) is 0 Å². The lowest BCUT2D eigenvalue weighted by Gasteiger charge is -2.28. The van der Waals surface area contributed by atoms with Crippen molar-refractivity contribution in [3.8, 4) is 0 Å². The van der Waals surface area contributed by atoms with Gasteiger partial charge in [0.05, 0.1) is 27.7 Å². The fraction of sp³-hybridized carbons (Fsp3) is 0.207. The zero-order valence-electron chi connectivity index (χ0n) is 20.0. The number of furan rings is 1. The SMILES string of the molecule is CC(C)(C)[S@@](=O)N[C@H](c1ccco1)[C@@H](N=C(c1ccccc1)c1ccccc1)c1ccccc1Cl. The average molecular weight is 505 g/mol. The van der Waals surface area contributed by atoms with E-state index in [1.165, 1.54) is 0 Å². The Kier molecular flexibility index (Phi) is 8.01. The van der Waals surface area contributed by atoms with Crippen LogP contribution in [0.15, 0.2) is 113 Å². The predicted octanol–water partition coefficient (Wildman–Crippen LogP) is 7.30. The monoisotopic (exact) mass is 504 g/mol. The maximum absolute atomic E-state index is 13.3. The Hall–Kier alpha value is -2.99. The number of hydrogen-bond donors (Lipinski definition) is 1. The first-order valence-corrected chi connectivity index (χ1v) is 13.0. The minimum absolute atomic E-state index is 0.485. The Balaban J connectivity index is 1.94. The van der Waals surface area contributed by atoms with Gasteiger partial charge in [-0.3, -0.25) is 4.99 Å². The lowest BCUT2D eigenvalue weighted by molar-refractivity contribution is 0.409. The van der Waals surface area contributed by atoms with Gasteiger partial charge >= 0.3 is 0 Å². The van der Waals surface area contributed by atoms with E-state index in [-0.39, 0.29) is 0 Å². The van der Waals surface area contributed by atoms with Crippen LogP contribution in [-0.2, 0) is 11.0 Å². The third-order valence-electron chi connectivity index (χ3n) is 5.54. The highest BCUT2D eigenvalue weighted by Gasteiger charge is 2.33. The molecule has 0 aliphatic heterocycles. The van der Waals surface area contributed by atoms with E-state index in [1.54, 1.807) is 6.26 Å². The number of rotatable bonds is 8. The van der Waals surface area contributed by atoms with Crippen LogP contribution in [0.2, 0.25) is 5.02 Å². The zero-order valence-corrected chi connectivity index (χ0v) is 21.6. The number of hydrogen-bond acceptors (Lipinski definition) is 3. The lowest BCUT2D eigenvalue weighted by atomic mass is 9.96. The molecule has 0 fully saturated rings. The zero-order chi connectivity index (χ0) is 24.8. The summed E-state index contributed by atoms with van der Waals surface area (Å²) in [5.74, 6) is 0.636. The average Bonchev–Trinajstić information content (AvgIpc) is 3.39. The van der Waals surface area contributed by atoms with Gasteiger partial charge in [-0.2, -0.15) is 0 Å². The molecule has 6 heteroatoms.